The second-order valence-corrected chi connectivity index (χ2v) is 4.34. The Kier molecular flexibility index (Phi) is 3.71. The number of aromatic nitrogens is 1. The number of esters is 1. The van der Waals surface area contributed by atoms with Gasteiger partial charge in [-0.1, -0.05) is 6.07 Å². The van der Waals surface area contributed by atoms with E-state index in [1.54, 1.807) is 19.1 Å². The maximum atomic E-state index is 13.1. The maximum absolute atomic E-state index is 13.1. The molecule has 0 spiro atoms. The van der Waals surface area contributed by atoms with Crippen LogP contribution >= 0.6 is 0 Å². The van der Waals surface area contributed by atoms with Crippen LogP contribution < -0.4 is 0 Å². The lowest BCUT2D eigenvalue weighted by molar-refractivity contribution is -0.143. The van der Waals surface area contributed by atoms with Gasteiger partial charge >= 0.3 is 5.97 Å². The van der Waals surface area contributed by atoms with Crippen LogP contribution in [0.25, 0.3) is 0 Å². The maximum Gasteiger partial charge on any atom is 0.306 e. The van der Waals surface area contributed by atoms with Crippen LogP contribution in [0, 0.1) is 11.9 Å². The minimum absolute atomic E-state index is 0.00440. The Balaban J connectivity index is 2.09. The van der Waals surface area contributed by atoms with E-state index in [-0.39, 0.29) is 11.9 Å². The molecule has 1 aromatic rings. The molecule has 1 fully saturated rings. The van der Waals surface area contributed by atoms with Crippen molar-refractivity contribution in [2.24, 2.45) is 5.92 Å². The van der Waals surface area contributed by atoms with E-state index in [0.29, 0.717) is 24.6 Å². The molecule has 0 saturated heterocycles. The van der Waals surface area contributed by atoms with E-state index in [9.17, 15) is 9.18 Å². The zero-order valence-electron chi connectivity index (χ0n) is 9.86. The van der Waals surface area contributed by atoms with E-state index in [1.807, 2.05) is 0 Å². The summed E-state index contributed by atoms with van der Waals surface area (Å²) in [7, 11) is 0. The Morgan fingerprint density at radius 1 is 1.59 bits per heavy atom. The van der Waals surface area contributed by atoms with Crippen LogP contribution in [-0.2, 0) is 9.53 Å². The molecule has 1 atom stereocenters. The Morgan fingerprint density at radius 3 is 2.94 bits per heavy atom. The van der Waals surface area contributed by atoms with Gasteiger partial charge in [-0.25, -0.2) is 4.98 Å². The molecule has 1 saturated carbocycles. The lowest BCUT2D eigenvalue weighted by Gasteiger charge is -2.14. The summed E-state index contributed by atoms with van der Waals surface area (Å²) in [6.07, 6.45) is 2.47. The van der Waals surface area contributed by atoms with Crippen molar-refractivity contribution >= 4 is 5.97 Å². The molecule has 4 heteroatoms. The number of hydrogen-bond acceptors (Lipinski definition) is 3. The van der Waals surface area contributed by atoms with Crippen LogP contribution in [0.1, 0.15) is 37.8 Å². The van der Waals surface area contributed by atoms with Crippen LogP contribution in [0.4, 0.5) is 4.39 Å². The molecule has 0 aliphatic heterocycles. The van der Waals surface area contributed by atoms with Gasteiger partial charge in [-0.2, -0.15) is 4.39 Å². The summed E-state index contributed by atoms with van der Waals surface area (Å²) in [6.45, 7) is 2.16. The van der Waals surface area contributed by atoms with Crippen molar-refractivity contribution in [1.82, 2.24) is 4.98 Å². The average molecular weight is 237 g/mol. The highest BCUT2D eigenvalue weighted by molar-refractivity contribution is 5.70. The van der Waals surface area contributed by atoms with E-state index in [2.05, 4.69) is 4.98 Å². The fourth-order valence-corrected chi connectivity index (χ4v) is 2.04. The molecular formula is C13H16FNO2. The lowest BCUT2D eigenvalue weighted by Crippen LogP contribution is -2.13. The molecule has 0 aromatic carbocycles. The SMILES string of the molecule is CCOC(=O)CC(c1cccc(F)n1)C1CC1. The summed E-state index contributed by atoms with van der Waals surface area (Å²) < 4.78 is 18.0. The van der Waals surface area contributed by atoms with Crippen LogP contribution in [-0.4, -0.2) is 17.6 Å². The number of nitrogens with zero attached hydrogens (tertiary/aromatic N) is 1. The van der Waals surface area contributed by atoms with Gasteiger partial charge in [-0.3, -0.25) is 4.79 Å². The molecule has 3 nitrogen and oxygen atoms in total. The molecule has 92 valence electrons. The van der Waals surface area contributed by atoms with Crippen molar-refractivity contribution in [3.05, 3.63) is 29.8 Å². The number of hydrogen-bond donors (Lipinski definition) is 0. The molecule has 1 aromatic heterocycles. The summed E-state index contributed by atoms with van der Waals surface area (Å²) >= 11 is 0. The van der Waals surface area contributed by atoms with Crippen LogP contribution in [0.15, 0.2) is 18.2 Å². The van der Waals surface area contributed by atoms with E-state index in [0.717, 1.165) is 12.8 Å². The second kappa shape index (κ2) is 5.25. The summed E-state index contributed by atoms with van der Waals surface area (Å²) in [5, 5.41) is 0. The van der Waals surface area contributed by atoms with E-state index < -0.39 is 5.95 Å². The Hall–Kier alpha value is -1.45. The first-order chi connectivity index (χ1) is 8.20. The van der Waals surface area contributed by atoms with Gasteiger partial charge in [0.2, 0.25) is 5.95 Å². The summed E-state index contributed by atoms with van der Waals surface area (Å²) in [5.41, 5.74) is 0.667. The van der Waals surface area contributed by atoms with Crippen molar-refractivity contribution < 1.29 is 13.9 Å². The van der Waals surface area contributed by atoms with Crippen LogP contribution in [0.3, 0.4) is 0 Å². The first-order valence-corrected chi connectivity index (χ1v) is 5.98. The molecule has 0 N–H and O–H groups in total. The Labute approximate surface area is 100 Å². The third-order valence-corrected chi connectivity index (χ3v) is 3.00. The third-order valence-electron chi connectivity index (χ3n) is 3.00. The Bertz CT molecular complexity index is 404. The quantitative estimate of drug-likeness (QED) is 0.583. The number of rotatable bonds is 5. The number of carbonyl (C=O) groups is 1. The van der Waals surface area contributed by atoms with Crippen molar-refractivity contribution in [3.63, 3.8) is 0 Å². The molecule has 0 bridgehead atoms. The lowest BCUT2D eigenvalue weighted by atomic mass is 9.95. The molecule has 1 aliphatic carbocycles. The summed E-state index contributed by atoms with van der Waals surface area (Å²) in [4.78, 5) is 15.4. The molecule has 0 radical (unpaired) electrons. The monoisotopic (exact) mass is 237 g/mol. The highest BCUT2D eigenvalue weighted by Gasteiger charge is 2.35. The van der Waals surface area contributed by atoms with Gasteiger partial charge in [0.05, 0.1) is 13.0 Å². The van der Waals surface area contributed by atoms with Crippen molar-refractivity contribution in [2.45, 2.75) is 32.1 Å². The minimum Gasteiger partial charge on any atom is -0.466 e. The van der Waals surface area contributed by atoms with Crippen LogP contribution in [0.5, 0.6) is 0 Å². The highest BCUT2D eigenvalue weighted by Crippen LogP contribution is 2.44. The van der Waals surface area contributed by atoms with E-state index in [1.165, 1.54) is 6.07 Å². The fourth-order valence-electron chi connectivity index (χ4n) is 2.04. The number of pyridine rings is 1. The number of carbonyl (C=O) groups excluding carboxylic acids is 1. The normalized spacial score (nSPS) is 16.6. The molecule has 1 heterocycles. The first kappa shape index (κ1) is 12.0. The number of ether oxygens (including phenoxy) is 1. The highest BCUT2D eigenvalue weighted by atomic mass is 19.1. The Morgan fingerprint density at radius 2 is 2.35 bits per heavy atom. The van der Waals surface area contributed by atoms with Crippen molar-refractivity contribution in [1.29, 1.82) is 0 Å². The topological polar surface area (TPSA) is 39.2 Å². The zero-order valence-corrected chi connectivity index (χ0v) is 9.86. The van der Waals surface area contributed by atoms with E-state index in [4.69, 9.17) is 4.74 Å². The van der Waals surface area contributed by atoms with E-state index >= 15 is 0 Å². The minimum atomic E-state index is -0.489. The van der Waals surface area contributed by atoms with Gasteiger partial charge in [-0.15, -0.1) is 0 Å². The van der Waals surface area contributed by atoms with Gasteiger partial charge in [-0.05, 0) is 37.8 Å². The smallest absolute Gasteiger partial charge is 0.306 e. The molecular weight excluding hydrogens is 221 g/mol. The van der Waals surface area contributed by atoms with Crippen molar-refractivity contribution in [2.75, 3.05) is 6.61 Å². The van der Waals surface area contributed by atoms with Gasteiger partial charge in [0, 0.05) is 11.6 Å². The molecule has 1 aliphatic rings. The second-order valence-electron chi connectivity index (χ2n) is 4.34. The fraction of sp³-hybridized carbons (Fsp3) is 0.538. The average Bonchev–Trinajstić information content (AvgIpc) is 3.10. The first-order valence-electron chi connectivity index (χ1n) is 5.98. The van der Waals surface area contributed by atoms with Crippen LogP contribution in [0.2, 0.25) is 0 Å². The predicted molar refractivity (Wildman–Crippen MR) is 60.9 cm³/mol. The summed E-state index contributed by atoms with van der Waals surface area (Å²) in [6, 6.07) is 4.74. The van der Waals surface area contributed by atoms with Crippen molar-refractivity contribution in [3.8, 4) is 0 Å². The van der Waals surface area contributed by atoms with Gasteiger partial charge < -0.3 is 4.74 Å². The zero-order chi connectivity index (χ0) is 12.3. The van der Waals surface area contributed by atoms with Gasteiger partial charge in [0.25, 0.3) is 0 Å². The third kappa shape index (κ3) is 3.25. The largest absolute Gasteiger partial charge is 0.466 e. The standard InChI is InChI=1S/C13H16FNO2/c1-2-17-13(16)8-10(9-6-7-9)11-4-3-5-12(14)15-11/h3-5,9-10H,2,6-8H2,1H3. The molecule has 2 rings (SSSR count). The molecule has 0 amide bonds. The van der Waals surface area contributed by atoms with Gasteiger partial charge in [0.15, 0.2) is 0 Å². The predicted octanol–water partition coefficient (Wildman–Crippen LogP) is 2.67. The van der Waals surface area contributed by atoms with Gasteiger partial charge in [0.1, 0.15) is 0 Å². The molecule has 1 unspecified atom stereocenters. The number of halogens is 1. The molecule has 17 heavy (non-hydrogen) atoms. The summed E-state index contributed by atoms with van der Waals surface area (Å²) in [5.74, 6) is -0.258.